The minimum Gasteiger partial charge on any atom is -0.497 e. The van der Waals surface area contributed by atoms with Crippen molar-refractivity contribution < 1.29 is 13.2 Å². The van der Waals surface area contributed by atoms with E-state index in [0.717, 1.165) is 35.9 Å². The van der Waals surface area contributed by atoms with Crippen molar-refractivity contribution in [3.05, 3.63) is 48.0 Å². The van der Waals surface area contributed by atoms with E-state index in [1.807, 2.05) is 24.3 Å². The van der Waals surface area contributed by atoms with Gasteiger partial charge in [0.25, 0.3) is 0 Å². The van der Waals surface area contributed by atoms with E-state index in [1.165, 1.54) is 0 Å². The molecule has 1 atom stereocenters. The first-order valence-electron chi connectivity index (χ1n) is 7.98. The van der Waals surface area contributed by atoms with Gasteiger partial charge in [0, 0.05) is 6.54 Å². The molecule has 0 spiro atoms. The van der Waals surface area contributed by atoms with E-state index in [1.54, 1.807) is 29.6 Å². The Morgan fingerprint density at radius 3 is 2.72 bits per heavy atom. The molecule has 130 valence electrons. The molecule has 1 saturated heterocycles. The molecule has 0 N–H and O–H groups in total. The van der Waals surface area contributed by atoms with Gasteiger partial charge in [-0.3, -0.25) is 0 Å². The van der Waals surface area contributed by atoms with Crippen molar-refractivity contribution in [3.8, 4) is 5.75 Å². The number of nitrogens with zero attached hydrogens (tertiary/aromatic N) is 3. The first kappa shape index (κ1) is 16.4. The molecule has 1 unspecified atom stereocenters. The minimum absolute atomic E-state index is 0.169. The fourth-order valence-electron chi connectivity index (χ4n) is 3.30. The van der Waals surface area contributed by atoms with Gasteiger partial charge in [0.2, 0.25) is 10.0 Å². The molecule has 0 bridgehead atoms. The first-order valence-corrected chi connectivity index (χ1v) is 10.2. The van der Waals surface area contributed by atoms with Crippen LogP contribution in [-0.4, -0.2) is 35.1 Å². The van der Waals surface area contributed by atoms with E-state index in [-0.39, 0.29) is 10.9 Å². The number of rotatable bonds is 4. The number of hydrogen-bond donors (Lipinski definition) is 0. The highest BCUT2D eigenvalue weighted by Crippen LogP contribution is 2.38. The molecule has 1 fully saturated rings. The predicted molar refractivity (Wildman–Crippen MR) is 96.3 cm³/mol. The molecule has 2 heterocycles. The van der Waals surface area contributed by atoms with Crippen LogP contribution in [-0.2, 0) is 10.0 Å². The Bertz CT molecular complexity index is 999. The zero-order valence-electron chi connectivity index (χ0n) is 13.6. The molecule has 25 heavy (non-hydrogen) atoms. The van der Waals surface area contributed by atoms with Crippen molar-refractivity contribution in [2.24, 2.45) is 0 Å². The lowest BCUT2D eigenvalue weighted by molar-refractivity contribution is 0.395. The van der Waals surface area contributed by atoms with Gasteiger partial charge in [-0.25, -0.2) is 8.42 Å². The molecule has 0 radical (unpaired) electrons. The maximum absolute atomic E-state index is 13.3. The van der Waals surface area contributed by atoms with E-state index in [4.69, 9.17) is 4.74 Å². The molecule has 0 saturated carbocycles. The average Bonchev–Trinajstić information content (AvgIpc) is 3.30. The number of benzene rings is 2. The monoisotopic (exact) mass is 375 g/mol. The molecule has 8 heteroatoms. The van der Waals surface area contributed by atoms with E-state index in [9.17, 15) is 8.42 Å². The summed E-state index contributed by atoms with van der Waals surface area (Å²) in [5.41, 5.74) is 2.05. The van der Waals surface area contributed by atoms with E-state index < -0.39 is 10.0 Å². The molecule has 4 rings (SSSR count). The van der Waals surface area contributed by atoms with E-state index >= 15 is 0 Å². The van der Waals surface area contributed by atoms with Crippen LogP contribution in [0.3, 0.4) is 0 Å². The Labute approximate surface area is 150 Å². The van der Waals surface area contributed by atoms with Crippen LogP contribution < -0.4 is 4.74 Å². The fraction of sp³-hybridized carbons (Fsp3) is 0.294. The second kappa shape index (κ2) is 6.36. The Morgan fingerprint density at radius 2 is 1.96 bits per heavy atom. The topological polar surface area (TPSA) is 72.4 Å². The number of fused-ring (bicyclic) bond motifs is 1. The smallest absolute Gasteiger partial charge is 0.245 e. The lowest BCUT2D eigenvalue weighted by Gasteiger charge is -2.24. The fourth-order valence-corrected chi connectivity index (χ4v) is 5.74. The minimum atomic E-state index is -3.64. The average molecular weight is 375 g/mol. The van der Waals surface area contributed by atoms with Crippen molar-refractivity contribution in [1.29, 1.82) is 0 Å². The van der Waals surface area contributed by atoms with Crippen LogP contribution in [0.4, 0.5) is 0 Å². The van der Waals surface area contributed by atoms with Gasteiger partial charge in [-0.1, -0.05) is 18.2 Å². The maximum Gasteiger partial charge on any atom is 0.245 e. The first-order chi connectivity index (χ1) is 12.1. The van der Waals surface area contributed by atoms with Crippen LogP contribution in [0.15, 0.2) is 47.4 Å². The molecule has 0 aliphatic carbocycles. The van der Waals surface area contributed by atoms with Crippen LogP contribution in [0.25, 0.3) is 11.0 Å². The molecular formula is C17H17N3O3S2. The van der Waals surface area contributed by atoms with Crippen molar-refractivity contribution >= 4 is 32.8 Å². The summed E-state index contributed by atoms with van der Waals surface area (Å²) in [6, 6.07) is 12.5. The molecule has 2 aromatic carbocycles. The summed E-state index contributed by atoms with van der Waals surface area (Å²) in [4.78, 5) is 0.235. The number of methoxy groups -OCH3 is 1. The summed E-state index contributed by atoms with van der Waals surface area (Å²) in [5, 5.41) is 0. The number of sulfonamides is 1. The zero-order chi connectivity index (χ0) is 17.4. The van der Waals surface area contributed by atoms with E-state index in [2.05, 4.69) is 8.75 Å². The molecule has 6 nitrogen and oxygen atoms in total. The third kappa shape index (κ3) is 2.80. The Balaban J connectivity index is 1.74. The van der Waals surface area contributed by atoms with Crippen LogP contribution in [0.2, 0.25) is 0 Å². The van der Waals surface area contributed by atoms with Crippen LogP contribution in [0.5, 0.6) is 5.75 Å². The summed E-state index contributed by atoms with van der Waals surface area (Å²) >= 11 is 1.03. The molecular weight excluding hydrogens is 358 g/mol. The largest absolute Gasteiger partial charge is 0.497 e. The van der Waals surface area contributed by atoms with Gasteiger partial charge in [-0.15, -0.1) is 0 Å². The zero-order valence-corrected chi connectivity index (χ0v) is 15.3. The summed E-state index contributed by atoms with van der Waals surface area (Å²) in [5.74, 6) is 0.759. The van der Waals surface area contributed by atoms with Gasteiger partial charge in [-0.05, 0) is 42.7 Å². The predicted octanol–water partition coefficient (Wildman–Crippen LogP) is 3.23. The molecule has 1 aliphatic rings. The van der Waals surface area contributed by atoms with Gasteiger partial charge < -0.3 is 4.74 Å². The standard InChI is InChI=1S/C17H17N3O3S2/c1-23-13-9-7-12(8-10-13)15-5-3-11-20(15)25(21,22)16-6-2-4-14-17(16)19-24-18-14/h2,4,6-10,15H,3,5,11H2,1H3. The highest BCUT2D eigenvalue weighted by Gasteiger charge is 2.37. The Hall–Kier alpha value is -2.03. The lowest BCUT2D eigenvalue weighted by Crippen LogP contribution is -2.30. The van der Waals surface area contributed by atoms with Gasteiger partial charge in [0.15, 0.2) is 0 Å². The van der Waals surface area contributed by atoms with Crippen molar-refractivity contribution in [3.63, 3.8) is 0 Å². The Kier molecular flexibility index (Phi) is 4.18. The molecule has 3 aromatic rings. The Morgan fingerprint density at radius 1 is 1.16 bits per heavy atom. The molecule has 1 aromatic heterocycles. The highest BCUT2D eigenvalue weighted by molar-refractivity contribution is 7.89. The SMILES string of the molecule is COc1ccc(C2CCCN2S(=O)(=O)c2cccc3nsnc23)cc1. The van der Waals surface area contributed by atoms with Crippen molar-refractivity contribution in [2.75, 3.05) is 13.7 Å². The van der Waals surface area contributed by atoms with Gasteiger partial charge in [0.05, 0.1) is 24.9 Å². The summed E-state index contributed by atoms with van der Waals surface area (Å²) in [6.07, 6.45) is 1.64. The van der Waals surface area contributed by atoms with Gasteiger partial charge in [0.1, 0.15) is 21.7 Å². The van der Waals surface area contributed by atoms with Gasteiger partial charge >= 0.3 is 0 Å². The second-order valence-electron chi connectivity index (χ2n) is 5.94. The molecule has 0 amide bonds. The van der Waals surface area contributed by atoms with Crippen LogP contribution >= 0.6 is 11.7 Å². The van der Waals surface area contributed by atoms with Crippen LogP contribution in [0, 0.1) is 0 Å². The third-order valence-electron chi connectivity index (χ3n) is 4.54. The number of aromatic nitrogens is 2. The number of ether oxygens (including phenoxy) is 1. The molecule has 1 aliphatic heterocycles. The number of hydrogen-bond acceptors (Lipinski definition) is 6. The third-order valence-corrected chi connectivity index (χ3v) is 7.02. The second-order valence-corrected chi connectivity index (χ2v) is 8.32. The van der Waals surface area contributed by atoms with Crippen LogP contribution in [0.1, 0.15) is 24.4 Å². The van der Waals surface area contributed by atoms with E-state index in [0.29, 0.717) is 17.6 Å². The summed E-state index contributed by atoms with van der Waals surface area (Å²) in [7, 11) is -2.03. The summed E-state index contributed by atoms with van der Waals surface area (Å²) < 4.78 is 41.7. The highest BCUT2D eigenvalue weighted by atomic mass is 32.2. The quantitative estimate of drug-likeness (QED) is 0.700. The van der Waals surface area contributed by atoms with Crippen molar-refractivity contribution in [2.45, 2.75) is 23.8 Å². The summed E-state index contributed by atoms with van der Waals surface area (Å²) in [6.45, 7) is 0.507. The maximum atomic E-state index is 13.3. The normalized spacial score (nSPS) is 18.7. The van der Waals surface area contributed by atoms with Crippen molar-refractivity contribution in [1.82, 2.24) is 13.1 Å². The lowest BCUT2D eigenvalue weighted by atomic mass is 10.1. The van der Waals surface area contributed by atoms with Gasteiger partial charge in [-0.2, -0.15) is 13.1 Å².